The van der Waals surface area contributed by atoms with Crippen LogP contribution in [0.2, 0.25) is 0 Å². The predicted octanol–water partition coefficient (Wildman–Crippen LogP) is 3.17. The van der Waals surface area contributed by atoms with Crippen molar-refractivity contribution in [2.45, 2.75) is 35.5 Å². The Morgan fingerprint density at radius 1 is 0.909 bits per heavy atom. The van der Waals surface area contributed by atoms with Gasteiger partial charge in [0.1, 0.15) is 22.8 Å². The average Bonchev–Trinajstić information content (AvgIpc) is 3.10. The smallest absolute Gasteiger partial charge is 0.343 e. The minimum Gasteiger partial charge on any atom is -0.748 e. The molecule has 1 aliphatic heterocycles. The number of benzene rings is 3. The fourth-order valence-corrected chi connectivity index (χ4v) is 7.37. The lowest BCUT2D eigenvalue weighted by Crippen LogP contribution is -2.28. The predicted molar refractivity (Wildman–Crippen MR) is 159 cm³/mol. The first-order valence-electron chi connectivity index (χ1n) is 12.9. The molecule has 3 aromatic carbocycles. The highest BCUT2D eigenvalue weighted by molar-refractivity contribution is 7.87. The van der Waals surface area contributed by atoms with Crippen molar-refractivity contribution in [3.05, 3.63) is 76.2 Å². The van der Waals surface area contributed by atoms with Gasteiger partial charge in [-0.1, -0.05) is 0 Å². The van der Waals surface area contributed by atoms with Crippen molar-refractivity contribution in [3.63, 3.8) is 0 Å². The number of phenols is 1. The molecule has 3 N–H and O–H groups in total. The second-order valence-electron chi connectivity index (χ2n) is 10.7. The van der Waals surface area contributed by atoms with Crippen molar-refractivity contribution in [3.8, 4) is 5.75 Å². The summed E-state index contributed by atoms with van der Waals surface area (Å²) in [5.41, 5.74) is -0.297. The van der Waals surface area contributed by atoms with E-state index in [0.29, 0.717) is 28.4 Å². The van der Waals surface area contributed by atoms with Gasteiger partial charge in [0.15, 0.2) is 5.71 Å². The van der Waals surface area contributed by atoms with Crippen LogP contribution in [0.25, 0.3) is 27.8 Å². The van der Waals surface area contributed by atoms with Crippen molar-refractivity contribution in [1.82, 2.24) is 0 Å². The van der Waals surface area contributed by atoms with E-state index in [2.05, 4.69) is 0 Å². The minimum absolute atomic E-state index is 0.0160. The van der Waals surface area contributed by atoms with Crippen LogP contribution in [0.3, 0.4) is 0 Å². The largest absolute Gasteiger partial charge is 0.748 e. The van der Waals surface area contributed by atoms with E-state index in [0.717, 1.165) is 6.07 Å². The van der Waals surface area contributed by atoms with Gasteiger partial charge in [-0.3, -0.25) is 9.11 Å². The number of nitrogens with zero attached hydrogens (tertiary/aromatic N) is 1. The lowest BCUT2D eigenvalue weighted by molar-refractivity contribution is -0.437. The average molecular weight is 664 g/mol. The van der Waals surface area contributed by atoms with Gasteiger partial charge in [-0.25, -0.2) is 13.2 Å². The Bertz CT molecular complexity index is 2330. The quantitative estimate of drug-likeness (QED) is 0.141. The number of aromatic hydroxyl groups is 1. The van der Waals surface area contributed by atoms with Gasteiger partial charge in [-0.2, -0.15) is 21.4 Å². The zero-order valence-corrected chi connectivity index (χ0v) is 25.5. The molecule has 4 aromatic rings. The molecule has 0 amide bonds. The number of phenolic OH excluding ortho intramolecular Hbond substituents is 1. The van der Waals surface area contributed by atoms with Crippen LogP contribution in [-0.4, -0.2) is 66.6 Å². The molecule has 5 rings (SSSR count). The van der Waals surface area contributed by atoms with Gasteiger partial charge in [-0.15, -0.1) is 0 Å². The number of fused-ring (bicyclic) bond motifs is 4. The standard InChI is InChI=1S/C28H25NO12S3/c1-28(2)25(9-5-17-12-16-4-6-18(30)13-23(16)41-27(17)31)29(10-3-11-42(32,33)34)22-8-7-20-21(26(22)28)14-19(43(35,36)37)15-24(20)44(38,39)40/h4-9,12-15H,3,10-11H2,1-2H3,(H3,32,33,34,35,36,37,38,39,40). The van der Waals surface area contributed by atoms with Gasteiger partial charge < -0.3 is 14.1 Å². The maximum absolute atomic E-state index is 12.7. The number of allylic oxidation sites excluding steroid dienone is 1. The van der Waals surface area contributed by atoms with E-state index >= 15 is 0 Å². The third kappa shape index (κ3) is 5.91. The highest BCUT2D eigenvalue weighted by atomic mass is 32.2. The first-order valence-corrected chi connectivity index (χ1v) is 17.3. The maximum atomic E-state index is 12.7. The van der Waals surface area contributed by atoms with Crippen LogP contribution in [0.1, 0.15) is 31.4 Å². The highest BCUT2D eigenvalue weighted by Gasteiger charge is 2.46. The molecule has 13 nitrogen and oxygen atoms in total. The second-order valence-corrected chi connectivity index (χ2v) is 15.1. The summed E-state index contributed by atoms with van der Waals surface area (Å²) in [4.78, 5) is 11.2. The number of hydrogen-bond acceptors (Lipinski definition) is 10. The second kappa shape index (κ2) is 10.6. The van der Waals surface area contributed by atoms with Gasteiger partial charge in [0.05, 0.1) is 26.0 Å². The molecule has 1 aromatic heterocycles. The van der Waals surface area contributed by atoms with Gasteiger partial charge in [0.2, 0.25) is 5.69 Å². The Balaban J connectivity index is 1.75. The fraction of sp³-hybridized carbons (Fsp3) is 0.214. The molecule has 0 saturated heterocycles. The molecular weight excluding hydrogens is 639 g/mol. The summed E-state index contributed by atoms with van der Waals surface area (Å²) in [6, 6.07) is 10.3. The van der Waals surface area contributed by atoms with Crippen LogP contribution in [0.15, 0.2) is 73.6 Å². The Kier molecular flexibility index (Phi) is 7.59. The summed E-state index contributed by atoms with van der Waals surface area (Å²) in [7, 11) is -14.5. The molecule has 0 spiro atoms. The van der Waals surface area contributed by atoms with Gasteiger partial charge >= 0.3 is 5.63 Å². The molecule has 0 unspecified atom stereocenters. The van der Waals surface area contributed by atoms with Crippen molar-refractivity contribution < 1.29 is 53.0 Å². The minimum atomic E-state index is -4.97. The van der Waals surface area contributed by atoms with Crippen LogP contribution < -0.4 is 5.63 Å². The molecule has 0 fully saturated rings. The summed E-state index contributed by atoms with van der Waals surface area (Å²) in [6.45, 7) is 3.42. The van der Waals surface area contributed by atoms with Gasteiger partial charge in [0, 0.05) is 46.7 Å². The third-order valence-electron chi connectivity index (χ3n) is 7.41. The highest BCUT2D eigenvalue weighted by Crippen LogP contribution is 2.46. The number of hydrogen-bond donors (Lipinski definition) is 3. The molecular formula is C28H25NO12S3. The van der Waals surface area contributed by atoms with E-state index in [1.165, 1.54) is 36.4 Å². The van der Waals surface area contributed by atoms with Crippen LogP contribution >= 0.6 is 0 Å². The lowest BCUT2D eigenvalue weighted by Gasteiger charge is -2.19. The van der Waals surface area contributed by atoms with E-state index in [1.54, 1.807) is 30.6 Å². The molecule has 232 valence electrons. The molecule has 0 radical (unpaired) electrons. The normalized spacial score (nSPS) is 15.5. The van der Waals surface area contributed by atoms with Gasteiger partial charge in [0.25, 0.3) is 20.2 Å². The molecule has 2 heterocycles. The van der Waals surface area contributed by atoms with Crippen LogP contribution in [0, 0.1) is 0 Å². The van der Waals surface area contributed by atoms with Crippen molar-refractivity contribution in [1.29, 1.82) is 0 Å². The van der Waals surface area contributed by atoms with Crippen LogP contribution in [0.4, 0.5) is 5.69 Å². The maximum Gasteiger partial charge on any atom is 0.343 e. The van der Waals surface area contributed by atoms with Crippen LogP contribution in [0.5, 0.6) is 5.75 Å². The zero-order valence-electron chi connectivity index (χ0n) is 23.1. The van der Waals surface area contributed by atoms with E-state index in [1.807, 2.05) is 0 Å². The summed E-state index contributed by atoms with van der Waals surface area (Å²) in [5, 5.41) is 10.2. The summed E-state index contributed by atoms with van der Waals surface area (Å²) in [6.07, 6.45) is 2.90. The van der Waals surface area contributed by atoms with E-state index in [-0.39, 0.29) is 40.6 Å². The molecule has 0 saturated carbocycles. The Morgan fingerprint density at radius 2 is 1.61 bits per heavy atom. The Morgan fingerprint density at radius 3 is 2.25 bits per heavy atom. The van der Waals surface area contributed by atoms with E-state index in [4.69, 9.17) is 4.42 Å². The van der Waals surface area contributed by atoms with Crippen molar-refractivity contribution in [2.75, 3.05) is 12.3 Å². The van der Waals surface area contributed by atoms with Crippen LogP contribution in [-0.2, 0) is 35.8 Å². The first-order chi connectivity index (χ1) is 20.3. The first kappa shape index (κ1) is 31.5. The zero-order chi connectivity index (χ0) is 32.4. The fourth-order valence-electron chi connectivity index (χ4n) is 5.54. The molecule has 1 aliphatic rings. The molecule has 16 heteroatoms. The topological polar surface area (TPSA) is 219 Å². The van der Waals surface area contributed by atoms with Gasteiger partial charge in [-0.05, 0) is 61.7 Å². The molecule has 44 heavy (non-hydrogen) atoms. The van der Waals surface area contributed by atoms with Crippen molar-refractivity contribution in [2.24, 2.45) is 0 Å². The third-order valence-corrected chi connectivity index (χ3v) is 9.93. The molecule has 0 bridgehead atoms. The molecule has 0 aliphatic carbocycles. The Labute approximate surface area is 251 Å². The van der Waals surface area contributed by atoms with Crippen molar-refractivity contribution >= 4 is 69.6 Å². The van der Waals surface area contributed by atoms with E-state index < -0.39 is 56.9 Å². The summed E-state index contributed by atoms with van der Waals surface area (Å²) in [5.74, 6) is -0.785. The summed E-state index contributed by atoms with van der Waals surface area (Å²) >= 11 is 0. The van der Waals surface area contributed by atoms with E-state index in [9.17, 15) is 48.8 Å². The number of rotatable bonds is 8. The summed E-state index contributed by atoms with van der Waals surface area (Å²) < 4.78 is 109. The SMILES string of the molecule is CC1(C)C(/C=C/c2cc3ccc(O)cc3oc2=O)=[N+](CCCS(=O)(=O)[O-])c2ccc3c(S(=O)(=O)O)cc(S(=O)(=O)O)cc3c21. The lowest BCUT2D eigenvalue weighted by atomic mass is 9.79. The Hall–Kier alpha value is -3.93. The monoisotopic (exact) mass is 663 g/mol. The molecule has 0 atom stereocenters.